The van der Waals surface area contributed by atoms with Gasteiger partial charge in [-0.1, -0.05) is 0 Å². The molecule has 2 rings (SSSR count). The Hall–Kier alpha value is -1.39. The Kier molecular flexibility index (Phi) is 5.15. The van der Waals surface area contributed by atoms with Crippen molar-refractivity contribution in [1.29, 1.82) is 0 Å². The molecule has 0 saturated carbocycles. The van der Waals surface area contributed by atoms with E-state index in [1.54, 1.807) is 7.11 Å². The molecule has 1 aromatic carbocycles. The number of likely N-dealkylation sites (tertiary alicyclic amines) is 1. The van der Waals surface area contributed by atoms with Gasteiger partial charge in [-0.05, 0) is 57.7 Å². The van der Waals surface area contributed by atoms with Crippen molar-refractivity contribution in [3.63, 3.8) is 0 Å². The lowest BCUT2D eigenvalue weighted by Gasteiger charge is -2.25. The maximum absolute atomic E-state index is 12.2. The molecule has 1 atom stereocenters. The molecule has 1 aliphatic heterocycles. The summed E-state index contributed by atoms with van der Waals surface area (Å²) in [5.41, 5.74) is 0.748. The van der Waals surface area contributed by atoms with Gasteiger partial charge in [0.25, 0.3) is 0 Å². The quantitative estimate of drug-likeness (QED) is 0.743. The van der Waals surface area contributed by atoms with Crippen molar-refractivity contribution in [2.45, 2.75) is 18.9 Å². The van der Waals surface area contributed by atoms with Crippen molar-refractivity contribution in [1.82, 2.24) is 9.80 Å². The highest BCUT2D eigenvalue weighted by Gasteiger charge is 2.22. The fraction of sp³-hybridized carbons (Fsp3) is 0.562. The number of carbonyl (C=O) groups is 1. The van der Waals surface area contributed by atoms with Crippen LogP contribution in [0.25, 0.3) is 0 Å². The van der Waals surface area contributed by atoms with Crippen molar-refractivity contribution in [3.8, 4) is 5.75 Å². The predicted octanol–water partition coefficient (Wildman–Crippen LogP) is 1.90. The Balaban J connectivity index is 1.86. The molecule has 1 aliphatic rings. The van der Waals surface area contributed by atoms with E-state index in [1.165, 1.54) is 19.4 Å². The van der Waals surface area contributed by atoms with Crippen molar-refractivity contribution in [2.75, 3.05) is 40.8 Å². The summed E-state index contributed by atoms with van der Waals surface area (Å²) >= 11 is 0. The highest BCUT2D eigenvalue weighted by molar-refractivity contribution is 5.97. The lowest BCUT2D eigenvalue weighted by Crippen LogP contribution is -2.38. The van der Waals surface area contributed by atoms with Gasteiger partial charge in [0.1, 0.15) is 5.75 Å². The number of ether oxygens (including phenoxy) is 1. The lowest BCUT2D eigenvalue weighted by atomic mass is 10.1. The smallest absolute Gasteiger partial charge is 0.176 e. The number of ketones is 1. The molecular weight excluding hydrogens is 252 g/mol. The summed E-state index contributed by atoms with van der Waals surface area (Å²) in [4.78, 5) is 16.7. The Labute approximate surface area is 121 Å². The molecule has 0 bridgehead atoms. The van der Waals surface area contributed by atoms with E-state index in [1.807, 2.05) is 31.3 Å². The van der Waals surface area contributed by atoms with E-state index in [-0.39, 0.29) is 5.78 Å². The number of rotatable bonds is 6. The summed E-state index contributed by atoms with van der Waals surface area (Å²) in [6.45, 7) is 2.60. The van der Waals surface area contributed by atoms with Crippen LogP contribution in [-0.4, -0.2) is 62.5 Å². The fourth-order valence-electron chi connectivity index (χ4n) is 2.75. The SMILES string of the molecule is COc1ccc(C(=O)CN(C)CC2CCCN2C)cc1. The third-order valence-electron chi connectivity index (χ3n) is 4.02. The molecule has 0 radical (unpaired) electrons. The van der Waals surface area contributed by atoms with Crippen LogP contribution in [0.1, 0.15) is 23.2 Å². The van der Waals surface area contributed by atoms with Crippen molar-refractivity contribution in [2.24, 2.45) is 0 Å². The molecule has 1 saturated heterocycles. The number of hydrogen-bond acceptors (Lipinski definition) is 4. The van der Waals surface area contributed by atoms with Gasteiger partial charge in [0.15, 0.2) is 5.78 Å². The van der Waals surface area contributed by atoms with E-state index in [0.29, 0.717) is 12.6 Å². The molecule has 20 heavy (non-hydrogen) atoms. The molecule has 1 aromatic rings. The van der Waals surface area contributed by atoms with Crippen LogP contribution in [0.15, 0.2) is 24.3 Å². The first-order valence-corrected chi connectivity index (χ1v) is 7.16. The maximum atomic E-state index is 12.2. The van der Waals surface area contributed by atoms with Crippen LogP contribution >= 0.6 is 0 Å². The van der Waals surface area contributed by atoms with Gasteiger partial charge in [0, 0.05) is 18.2 Å². The Morgan fingerprint density at radius 3 is 2.65 bits per heavy atom. The van der Waals surface area contributed by atoms with E-state index in [4.69, 9.17) is 4.74 Å². The molecule has 4 nitrogen and oxygen atoms in total. The highest BCUT2D eigenvalue weighted by atomic mass is 16.5. The van der Waals surface area contributed by atoms with Crippen LogP contribution in [0.2, 0.25) is 0 Å². The molecule has 0 spiro atoms. The summed E-state index contributed by atoms with van der Waals surface area (Å²) in [5, 5.41) is 0. The van der Waals surface area contributed by atoms with Gasteiger partial charge in [0.2, 0.25) is 0 Å². The molecule has 0 aromatic heterocycles. The van der Waals surface area contributed by atoms with Crippen molar-refractivity contribution >= 4 is 5.78 Å². The van der Waals surface area contributed by atoms with E-state index < -0.39 is 0 Å². The predicted molar refractivity (Wildman–Crippen MR) is 80.5 cm³/mol. The zero-order valence-corrected chi connectivity index (χ0v) is 12.6. The lowest BCUT2D eigenvalue weighted by molar-refractivity contribution is 0.0932. The number of hydrogen-bond donors (Lipinski definition) is 0. The Morgan fingerprint density at radius 2 is 2.10 bits per heavy atom. The fourth-order valence-corrected chi connectivity index (χ4v) is 2.75. The summed E-state index contributed by atoms with van der Waals surface area (Å²) in [6.07, 6.45) is 2.50. The molecule has 110 valence electrons. The monoisotopic (exact) mass is 276 g/mol. The molecule has 0 amide bonds. The summed E-state index contributed by atoms with van der Waals surface area (Å²) in [7, 11) is 5.81. The standard InChI is InChI=1S/C16H24N2O2/c1-17(11-14-5-4-10-18(14)2)12-16(19)13-6-8-15(20-3)9-7-13/h6-9,14H,4-5,10-12H2,1-3H3. The van der Waals surface area contributed by atoms with Crippen LogP contribution in [0.4, 0.5) is 0 Å². The summed E-state index contributed by atoms with van der Waals surface area (Å²) in [6, 6.07) is 7.91. The van der Waals surface area contributed by atoms with Crippen molar-refractivity contribution in [3.05, 3.63) is 29.8 Å². The van der Waals surface area contributed by atoms with Gasteiger partial charge in [-0.2, -0.15) is 0 Å². The zero-order valence-electron chi connectivity index (χ0n) is 12.6. The molecule has 1 unspecified atom stereocenters. The molecule has 0 aliphatic carbocycles. The van der Waals surface area contributed by atoms with Gasteiger partial charge in [-0.15, -0.1) is 0 Å². The largest absolute Gasteiger partial charge is 0.497 e. The van der Waals surface area contributed by atoms with Gasteiger partial charge in [0.05, 0.1) is 13.7 Å². The van der Waals surface area contributed by atoms with E-state index in [0.717, 1.165) is 17.9 Å². The minimum absolute atomic E-state index is 0.163. The van der Waals surface area contributed by atoms with Crippen molar-refractivity contribution < 1.29 is 9.53 Å². The average molecular weight is 276 g/mol. The summed E-state index contributed by atoms with van der Waals surface area (Å²) in [5.74, 6) is 0.943. The third kappa shape index (κ3) is 3.81. The first-order chi connectivity index (χ1) is 9.60. The van der Waals surface area contributed by atoms with Gasteiger partial charge in [-0.3, -0.25) is 9.69 Å². The maximum Gasteiger partial charge on any atom is 0.176 e. The van der Waals surface area contributed by atoms with Crippen LogP contribution < -0.4 is 4.74 Å². The highest BCUT2D eigenvalue weighted by Crippen LogP contribution is 2.16. The zero-order chi connectivity index (χ0) is 14.5. The van der Waals surface area contributed by atoms with Gasteiger partial charge >= 0.3 is 0 Å². The van der Waals surface area contributed by atoms with E-state index >= 15 is 0 Å². The van der Waals surface area contributed by atoms with E-state index in [2.05, 4.69) is 16.8 Å². The molecule has 0 N–H and O–H groups in total. The van der Waals surface area contributed by atoms with Gasteiger partial charge in [-0.25, -0.2) is 0 Å². The van der Waals surface area contributed by atoms with Crippen LogP contribution in [0, 0.1) is 0 Å². The topological polar surface area (TPSA) is 32.8 Å². The summed E-state index contributed by atoms with van der Waals surface area (Å²) < 4.78 is 5.10. The third-order valence-corrected chi connectivity index (χ3v) is 4.02. The minimum atomic E-state index is 0.163. The van der Waals surface area contributed by atoms with E-state index in [9.17, 15) is 4.79 Å². The number of nitrogens with zero attached hydrogens (tertiary/aromatic N) is 2. The normalized spacial score (nSPS) is 19.5. The molecule has 4 heteroatoms. The molecule has 1 heterocycles. The van der Waals surface area contributed by atoms with Crippen LogP contribution in [0.3, 0.4) is 0 Å². The van der Waals surface area contributed by atoms with Crippen LogP contribution in [0.5, 0.6) is 5.75 Å². The number of likely N-dealkylation sites (N-methyl/N-ethyl adjacent to an activating group) is 2. The second-order valence-corrected chi connectivity index (χ2v) is 5.63. The number of benzene rings is 1. The van der Waals surface area contributed by atoms with Crippen LogP contribution in [-0.2, 0) is 0 Å². The molecule has 1 fully saturated rings. The number of carbonyl (C=O) groups excluding carboxylic acids is 1. The Bertz CT molecular complexity index is 444. The first-order valence-electron chi connectivity index (χ1n) is 7.16. The number of methoxy groups -OCH3 is 1. The van der Waals surface area contributed by atoms with Gasteiger partial charge < -0.3 is 9.64 Å². The average Bonchev–Trinajstić information content (AvgIpc) is 2.84. The number of Topliss-reactive ketones (excluding diaryl/α,β-unsaturated/α-hetero) is 1. The second-order valence-electron chi connectivity index (χ2n) is 5.63. The Morgan fingerprint density at radius 1 is 1.40 bits per heavy atom. The molecular formula is C16H24N2O2. The second kappa shape index (κ2) is 6.86. The first kappa shape index (κ1) is 15.0. The minimum Gasteiger partial charge on any atom is -0.497 e.